The molecule has 148 valence electrons. The van der Waals surface area contributed by atoms with E-state index in [1.165, 1.54) is 5.69 Å². The Bertz CT molecular complexity index is 955. The third-order valence-electron chi connectivity index (χ3n) is 5.54. The monoisotopic (exact) mass is 405 g/mol. The van der Waals surface area contributed by atoms with Gasteiger partial charge in [0, 0.05) is 42.6 Å². The van der Waals surface area contributed by atoms with E-state index in [1.54, 1.807) is 0 Å². The van der Waals surface area contributed by atoms with Gasteiger partial charge < -0.3 is 24.8 Å². The number of H-pyrrole nitrogens is 1. The van der Waals surface area contributed by atoms with E-state index in [2.05, 4.69) is 55.4 Å². The molecular formula is C22H23N5OS. The number of aromatic nitrogens is 2. The van der Waals surface area contributed by atoms with Gasteiger partial charge in [-0.15, -0.1) is 0 Å². The standard InChI is InChI=1S/C22H23N5OS/c29-22-25-20(18-4-1-2-10-23-18)21(19-5-3-11-24-19)27(22)17-8-6-16(7-9-17)26-12-14-28-15-13-26/h1-11,20-21,24H,12-15H2,(H,25,29)/t20-,21+/m1/s1. The Balaban J connectivity index is 1.48. The summed E-state index contributed by atoms with van der Waals surface area (Å²) in [7, 11) is 0. The number of nitrogens with zero attached hydrogens (tertiary/aromatic N) is 3. The Kier molecular flexibility index (Phi) is 4.91. The number of aromatic amines is 1. The number of pyridine rings is 1. The molecule has 2 saturated heterocycles. The zero-order chi connectivity index (χ0) is 19.6. The van der Waals surface area contributed by atoms with Gasteiger partial charge >= 0.3 is 0 Å². The maximum absolute atomic E-state index is 5.75. The number of thiocarbonyl (C=S) groups is 1. The molecule has 0 aliphatic carbocycles. The van der Waals surface area contributed by atoms with Crippen molar-refractivity contribution >= 4 is 28.7 Å². The minimum Gasteiger partial charge on any atom is -0.378 e. The largest absolute Gasteiger partial charge is 0.378 e. The summed E-state index contributed by atoms with van der Waals surface area (Å²) in [5, 5.41) is 4.19. The molecule has 3 aromatic rings. The fraction of sp³-hybridized carbons (Fsp3) is 0.273. The summed E-state index contributed by atoms with van der Waals surface area (Å²) < 4.78 is 5.46. The lowest BCUT2D eigenvalue weighted by atomic mass is 10.0. The number of anilines is 2. The third-order valence-corrected chi connectivity index (χ3v) is 5.86. The van der Waals surface area contributed by atoms with Crippen molar-refractivity contribution in [2.24, 2.45) is 0 Å². The normalized spacial score (nSPS) is 22.0. The fourth-order valence-corrected chi connectivity index (χ4v) is 4.47. The van der Waals surface area contributed by atoms with Crippen molar-refractivity contribution in [3.8, 4) is 0 Å². The second kappa shape index (κ2) is 7.85. The number of ether oxygens (including phenoxy) is 1. The molecular weight excluding hydrogens is 382 g/mol. The maximum Gasteiger partial charge on any atom is 0.174 e. The molecule has 0 saturated carbocycles. The topological polar surface area (TPSA) is 56.4 Å². The lowest BCUT2D eigenvalue weighted by Gasteiger charge is -2.30. The zero-order valence-electron chi connectivity index (χ0n) is 16.0. The van der Waals surface area contributed by atoms with Crippen LogP contribution in [-0.4, -0.2) is 41.4 Å². The highest BCUT2D eigenvalue weighted by Gasteiger charge is 2.41. The SMILES string of the molecule is S=C1N[C@H](c2ccccn2)[C@H](c2ccc[nH]2)N1c1ccc(N2CCOCC2)cc1. The first-order valence-electron chi connectivity index (χ1n) is 9.88. The number of rotatable bonds is 4. The highest BCUT2D eigenvalue weighted by molar-refractivity contribution is 7.80. The van der Waals surface area contributed by atoms with Crippen molar-refractivity contribution in [2.75, 3.05) is 36.1 Å². The van der Waals surface area contributed by atoms with Gasteiger partial charge in [-0.2, -0.15) is 0 Å². The summed E-state index contributed by atoms with van der Waals surface area (Å²) in [4.78, 5) is 12.5. The molecule has 2 N–H and O–H groups in total. The Morgan fingerprint density at radius 3 is 2.45 bits per heavy atom. The van der Waals surface area contributed by atoms with Crippen LogP contribution in [0.15, 0.2) is 67.0 Å². The molecule has 0 spiro atoms. The van der Waals surface area contributed by atoms with Gasteiger partial charge in [0.05, 0.1) is 24.9 Å². The van der Waals surface area contributed by atoms with Gasteiger partial charge in [-0.1, -0.05) is 6.07 Å². The summed E-state index contributed by atoms with van der Waals surface area (Å²) in [5.41, 5.74) is 4.36. The van der Waals surface area contributed by atoms with Crippen molar-refractivity contribution in [1.29, 1.82) is 0 Å². The first-order valence-corrected chi connectivity index (χ1v) is 10.3. The van der Waals surface area contributed by atoms with Gasteiger partial charge in [0.2, 0.25) is 0 Å². The van der Waals surface area contributed by atoms with Crippen LogP contribution < -0.4 is 15.1 Å². The average molecular weight is 406 g/mol. The maximum atomic E-state index is 5.75. The molecule has 2 fully saturated rings. The van der Waals surface area contributed by atoms with Crippen LogP contribution in [0.2, 0.25) is 0 Å². The van der Waals surface area contributed by atoms with E-state index in [0.717, 1.165) is 43.4 Å². The molecule has 0 bridgehead atoms. The number of hydrogen-bond donors (Lipinski definition) is 2. The van der Waals surface area contributed by atoms with E-state index in [0.29, 0.717) is 5.11 Å². The second-order valence-corrected chi connectivity index (χ2v) is 7.62. The number of hydrogen-bond acceptors (Lipinski definition) is 4. The Morgan fingerprint density at radius 1 is 0.966 bits per heavy atom. The predicted octanol–water partition coefficient (Wildman–Crippen LogP) is 3.42. The molecule has 5 rings (SSSR count). The van der Waals surface area contributed by atoms with Gasteiger partial charge in [0.15, 0.2) is 5.11 Å². The van der Waals surface area contributed by atoms with Crippen LogP contribution in [0, 0.1) is 0 Å². The van der Waals surface area contributed by atoms with Crippen molar-refractivity contribution < 1.29 is 4.74 Å². The second-order valence-electron chi connectivity index (χ2n) is 7.24. The van der Waals surface area contributed by atoms with Crippen LogP contribution >= 0.6 is 12.2 Å². The van der Waals surface area contributed by atoms with Gasteiger partial charge in [-0.3, -0.25) is 4.98 Å². The van der Waals surface area contributed by atoms with Crippen LogP contribution in [0.4, 0.5) is 11.4 Å². The average Bonchev–Trinajstić information content (AvgIpc) is 3.43. The molecule has 0 unspecified atom stereocenters. The quantitative estimate of drug-likeness (QED) is 0.649. The molecule has 2 aliphatic heterocycles. The van der Waals surface area contributed by atoms with E-state index in [4.69, 9.17) is 17.0 Å². The van der Waals surface area contributed by atoms with E-state index < -0.39 is 0 Å². The van der Waals surface area contributed by atoms with Crippen molar-refractivity contribution in [3.63, 3.8) is 0 Å². The van der Waals surface area contributed by atoms with E-state index in [9.17, 15) is 0 Å². The van der Waals surface area contributed by atoms with E-state index in [1.807, 2.05) is 36.7 Å². The van der Waals surface area contributed by atoms with Gasteiger partial charge in [0.25, 0.3) is 0 Å². The highest BCUT2D eigenvalue weighted by Crippen LogP contribution is 2.41. The third kappa shape index (κ3) is 3.47. The molecule has 1 aromatic carbocycles. The summed E-state index contributed by atoms with van der Waals surface area (Å²) in [6.07, 6.45) is 3.78. The minimum atomic E-state index is -0.0266. The first-order chi connectivity index (χ1) is 14.3. The van der Waals surface area contributed by atoms with E-state index >= 15 is 0 Å². The van der Waals surface area contributed by atoms with Crippen LogP contribution in [0.5, 0.6) is 0 Å². The highest BCUT2D eigenvalue weighted by atomic mass is 32.1. The Hall–Kier alpha value is -2.90. The molecule has 2 atom stereocenters. The zero-order valence-corrected chi connectivity index (χ0v) is 16.8. The minimum absolute atomic E-state index is 0.00152. The summed E-state index contributed by atoms with van der Waals surface area (Å²) in [6.45, 7) is 3.41. The lowest BCUT2D eigenvalue weighted by Crippen LogP contribution is -2.36. The van der Waals surface area contributed by atoms with Crippen LogP contribution in [0.25, 0.3) is 0 Å². The van der Waals surface area contributed by atoms with Crippen molar-refractivity contribution in [1.82, 2.24) is 15.3 Å². The van der Waals surface area contributed by atoms with Gasteiger partial charge in [-0.05, 0) is 60.7 Å². The Morgan fingerprint density at radius 2 is 1.76 bits per heavy atom. The molecule has 6 nitrogen and oxygen atoms in total. The van der Waals surface area contributed by atoms with Gasteiger partial charge in [-0.25, -0.2) is 0 Å². The van der Waals surface area contributed by atoms with Crippen LogP contribution in [-0.2, 0) is 4.74 Å². The molecule has 7 heteroatoms. The number of morpholine rings is 1. The van der Waals surface area contributed by atoms with Crippen LogP contribution in [0.1, 0.15) is 23.5 Å². The number of nitrogens with one attached hydrogen (secondary N) is 2. The smallest absolute Gasteiger partial charge is 0.174 e. The summed E-state index contributed by atoms with van der Waals surface area (Å²) in [5.74, 6) is 0. The summed E-state index contributed by atoms with van der Waals surface area (Å²) >= 11 is 5.75. The fourth-order valence-electron chi connectivity index (χ4n) is 4.12. The lowest BCUT2D eigenvalue weighted by molar-refractivity contribution is 0.122. The molecule has 2 aromatic heterocycles. The molecule has 4 heterocycles. The molecule has 29 heavy (non-hydrogen) atoms. The molecule has 0 radical (unpaired) electrons. The van der Waals surface area contributed by atoms with E-state index in [-0.39, 0.29) is 12.1 Å². The van der Waals surface area contributed by atoms with Crippen LogP contribution in [0.3, 0.4) is 0 Å². The summed E-state index contributed by atoms with van der Waals surface area (Å²) in [6, 6.07) is 18.7. The van der Waals surface area contributed by atoms with Crippen molar-refractivity contribution in [3.05, 3.63) is 78.4 Å². The molecule has 0 amide bonds. The van der Waals surface area contributed by atoms with Crippen molar-refractivity contribution in [2.45, 2.75) is 12.1 Å². The number of benzene rings is 1. The first kappa shape index (κ1) is 18.1. The Labute approximate surface area is 175 Å². The molecule has 2 aliphatic rings. The van der Waals surface area contributed by atoms with Gasteiger partial charge in [0.1, 0.15) is 6.04 Å². The predicted molar refractivity (Wildman–Crippen MR) is 118 cm³/mol.